The van der Waals surface area contributed by atoms with Crippen LogP contribution in [0.4, 0.5) is 5.69 Å². The van der Waals surface area contributed by atoms with Crippen LogP contribution in [0.3, 0.4) is 0 Å². The van der Waals surface area contributed by atoms with Crippen LogP contribution in [0, 0.1) is 13.8 Å². The van der Waals surface area contributed by atoms with Crippen LogP contribution in [-0.4, -0.2) is 13.1 Å². The van der Waals surface area contributed by atoms with E-state index in [9.17, 15) is 0 Å². The highest BCUT2D eigenvalue weighted by Crippen LogP contribution is 2.22. The maximum Gasteiger partial charge on any atom is 0.0398 e. The maximum atomic E-state index is 2.45. The maximum absolute atomic E-state index is 2.45. The van der Waals surface area contributed by atoms with Gasteiger partial charge in [-0.3, -0.25) is 0 Å². The fourth-order valence-electron chi connectivity index (χ4n) is 1.80. The minimum atomic E-state index is 1.10. The average Bonchev–Trinajstić information content (AvgIpc) is 2.19. The molecule has 0 amide bonds. The summed E-state index contributed by atoms with van der Waals surface area (Å²) in [5.74, 6) is 0. The van der Waals surface area contributed by atoms with Crippen LogP contribution in [0.2, 0.25) is 0 Å². The number of anilines is 1. The molecule has 0 spiro atoms. The smallest absolute Gasteiger partial charge is 0.0398 e. The summed E-state index contributed by atoms with van der Waals surface area (Å²) in [6, 6.07) is 6.55. The molecule has 1 rings (SSSR count). The Labute approximate surface area is 87.7 Å². The van der Waals surface area contributed by atoms with E-state index in [0.29, 0.717) is 0 Å². The Balaban J connectivity index is 2.97. The molecule has 0 aliphatic rings. The molecule has 0 fully saturated rings. The molecule has 0 saturated heterocycles. The lowest BCUT2D eigenvalue weighted by atomic mass is 10.1. The molecule has 0 radical (unpaired) electrons. The Kier molecular flexibility index (Phi) is 3.99. The lowest BCUT2D eigenvalue weighted by molar-refractivity contribution is 0.788. The second-order valence-electron chi connectivity index (χ2n) is 3.80. The standard InChI is InChI=1S/C13H21N/c1-5-10-14(6-2)13-9-7-8-11(3)12(13)4/h7-9H,5-6,10H2,1-4H3. The lowest BCUT2D eigenvalue weighted by Crippen LogP contribution is -2.24. The molecule has 1 heteroatoms. The summed E-state index contributed by atoms with van der Waals surface area (Å²) in [6.07, 6.45) is 1.21. The largest absolute Gasteiger partial charge is 0.372 e. The summed E-state index contributed by atoms with van der Waals surface area (Å²) >= 11 is 0. The average molecular weight is 191 g/mol. The van der Waals surface area contributed by atoms with Crippen LogP contribution in [0.25, 0.3) is 0 Å². The van der Waals surface area contributed by atoms with Gasteiger partial charge in [0.2, 0.25) is 0 Å². The van der Waals surface area contributed by atoms with E-state index in [1.165, 1.54) is 23.2 Å². The van der Waals surface area contributed by atoms with E-state index in [-0.39, 0.29) is 0 Å². The first-order valence-electron chi connectivity index (χ1n) is 5.51. The molecule has 0 aromatic heterocycles. The Bertz CT molecular complexity index is 291. The van der Waals surface area contributed by atoms with Crippen molar-refractivity contribution in [3.8, 4) is 0 Å². The minimum absolute atomic E-state index is 1.10. The van der Waals surface area contributed by atoms with Gasteiger partial charge in [0.1, 0.15) is 0 Å². The molecule has 0 saturated carbocycles. The van der Waals surface area contributed by atoms with Crippen LogP contribution in [0.15, 0.2) is 18.2 Å². The number of nitrogens with zero attached hydrogens (tertiary/aromatic N) is 1. The molecular formula is C13H21N. The minimum Gasteiger partial charge on any atom is -0.372 e. The van der Waals surface area contributed by atoms with E-state index in [0.717, 1.165) is 13.1 Å². The Morgan fingerprint density at radius 2 is 1.86 bits per heavy atom. The van der Waals surface area contributed by atoms with Crippen molar-refractivity contribution in [3.05, 3.63) is 29.3 Å². The quantitative estimate of drug-likeness (QED) is 0.703. The number of rotatable bonds is 4. The number of hydrogen-bond donors (Lipinski definition) is 0. The van der Waals surface area contributed by atoms with E-state index in [1.54, 1.807) is 0 Å². The summed E-state index contributed by atoms with van der Waals surface area (Å²) in [6.45, 7) is 11.1. The Morgan fingerprint density at radius 3 is 2.43 bits per heavy atom. The topological polar surface area (TPSA) is 3.24 Å². The molecule has 1 aromatic carbocycles. The van der Waals surface area contributed by atoms with Gasteiger partial charge < -0.3 is 4.90 Å². The molecule has 0 heterocycles. The molecular weight excluding hydrogens is 170 g/mol. The van der Waals surface area contributed by atoms with E-state index in [1.807, 2.05) is 0 Å². The van der Waals surface area contributed by atoms with E-state index < -0.39 is 0 Å². The van der Waals surface area contributed by atoms with Gasteiger partial charge in [-0.25, -0.2) is 0 Å². The SMILES string of the molecule is CCCN(CC)c1cccc(C)c1C. The lowest BCUT2D eigenvalue weighted by Gasteiger charge is -2.25. The molecule has 0 aliphatic heterocycles. The van der Waals surface area contributed by atoms with Gasteiger partial charge in [0.25, 0.3) is 0 Å². The van der Waals surface area contributed by atoms with Crippen LogP contribution < -0.4 is 4.90 Å². The molecule has 1 nitrogen and oxygen atoms in total. The van der Waals surface area contributed by atoms with E-state index in [2.05, 4.69) is 50.8 Å². The molecule has 0 unspecified atom stereocenters. The van der Waals surface area contributed by atoms with Gasteiger partial charge in [-0.05, 0) is 44.4 Å². The summed E-state index contributed by atoms with van der Waals surface area (Å²) < 4.78 is 0. The summed E-state index contributed by atoms with van der Waals surface area (Å²) in [7, 11) is 0. The fourth-order valence-corrected chi connectivity index (χ4v) is 1.80. The molecule has 1 aromatic rings. The first-order valence-corrected chi connectivity index (χ1v) is 5.51. The third kappa shape index (κ3) is 2.28. The van der Waals surface area contributed by atoms with Crippen LogP contribution >= 0.6 is 0 Å². The van der Waals surface area contributed by atoms with Gasteiger partial charge in [0, 0.05) is 18.8 Å². The van der Waals surface area contributed by atoms with E-state index >= 15 is 0 Å². The summed E-state index contributed by atoms with van der Waals surface area (Å²) in [5, 5.41) is 0. The van der Waals surface area contributed by atoms with Crippen LogP contribution in [0.5, 0.6) is 0 Å². The Morgan fingerprint density at radius 1 is 1.14 bits per heavy atom. The van der Waals surface area contributed by atoms with Crippen LogP contribution in [-0.2, 0) is 0 Å². The van der Waals surface area contributed by atoms with Crippen molar-refractivity contribution in [1.82, 2.24) is 0 Å². The van der Waals surface area contributed by atoms with Crippen molar-refractivity contribution < 1.29 is 0 Å². The second-order valence-corrected chi connectivity index (χ2v) is 3.80. The molecule has 0 bridgehead atoms. The van der Waals surface area contributed by atoms with Crippen molar-refractivity contribution in [2.45, 2.75) is 34.1 Å². The highest BCUT2D eigenvalue weighted by Gasteiger charge is 2.06. The molecule has 0 aliphatic carbocycles. The molecule has 14 heavy (non-hydrogen) atoms. The van der Waals surface area contributed by atoms with Crippen LogP contribution in [0.1, 0.15) is 31.4 Å². The predicted octanol–water partition coefficient (Wildman–Crippen LogP) is 3.54. The first-order chi connectivity index (χ1) is 6.70. The highest BCUT2D eigenvalue weighted by molar-refractivity contribution is 5.55. The van der Waals surface area contributed by atoms with Gasteiger partial charge in [-0.2, -0.15) is 0 Å². The monoisotopic (exact) mass is 191 g/mol. The predicted molar refractivity (Wildman–Crippen MR) is 64.1 cm³/mol. The zero-order valence-corrected chi connectivity index (χ0v) is 9.80. The Hall–Kier alpha value is -0.980. The van der Waals surface area contributed by atoms with Gasteiger partial charge in [0.15, 0.2) is 0 Å². The number of benzene rings is 1. The van der Waals surface area contributed by atoms with Crippen molar-refractivity contribution in [1.29, 1.82) is 0 Å². The normalized spacial score (nSPS) is 10.3. The van der Waals surface area contributed by atoms with Crippen molar-refractivity contribution >= 4 is 5.69 Å². The van der Waals surface area contributed by atoms with Gasteiger partial charge in [0.05, 0.1) is 0 Å². The number of aryl methyl sites for hydroxylation is 1. The van der Waals surface area contributed by atoms with E-state index in [4.69, 9.17) is 0 Å². The first kappa shape index (κ1) is 11.1. The third-order valence-corrected chi connectivity index (χ3v) is 2.79. The second kappa shape index (κ2) is 5.04. The highest BCUT2D eigenvalue weighted by atomic mass is 15.1. The van der Waals surface area contributed by atoms with Gasteiger partial charge in [-0.15, -0.1) is 0 Å². The van der Waals surface area contributed by atoms with Gasteiger partial charge in [-0.1, -0.05) is 19.1 Å². The fraction of sp³-hybridized carbons (Fsp3) is 0.538. The van der Waals surface area contributed by atoms with Gasteiger partial charge >= 0.3 is 0 Å². The van der Waals surface area contributed by atoms with Crippen molar-refractivity contribution in [2.75, 3.05) is 18.0 Å². The summed E-state index contributed by atoms with van der Waals surface area (Å²) in [5.41, 5.74) is 4.20. The van der Waals surface area contributed by atoms with Crippen molar-refractivity contribution in [3.63, 3.8) is 0 Å². The molecule has 0 N–H and O–H groups in total. The zero-order chi connectivity index (χ0) is 10.6. The third-order valence-electron chi connectivity index (χ3n) is 2.79. The summed E-state index contributed by atoms with van der Waals surface area (Å²) in [4.78, 5) is 2.45. The molecule has 78 valence electrons. The zero-order valence-electron chi connectivity index (χ0n) is 9.80. The number of hydrogen-bond acceptors (Lipinski definition) is 1. The van der Waals surface area contributed by atoms with Crippen molar-refractivity contribution in [2.24, 2.45) is 0 Å². The molecule has 0 atom stereocenters.